The third kappa shape index (κ3) is 2.71. The number of aromatic nitrogens is 2. The normalized spacial score (nSPS) is 10.7. The quantitative estimate of drug-likeness (QED) is 0.778. The number of amides is 1. The second kappa shape index (κ2) is 5.49. The molecule has 0 saturated heterocycles. The Balaban J connectivity index is 1.83. The number of pyridine rings is 1. The molecule has 0 atom stereocenters. The fraction of sp³-hybridized carbons (Fsp3) is 0.133. The van der Waals surface area contributed by atoms with Gasteiger partial charge in [-0.15, -0.1) is 11.3 Å². The minimum absolute atomic E-state index is 0.236. The number of benzene rings is 1. The highest BCUT2D eigenvalue weighted by Gasteiger charge is 2.11. The molecule has 3 N–H and O–H groups in total. The Bertz CT molecular complexity index is 812. The van der Waals surface area contributed by atoms with Gasteiger partial charge in [0.2, 0.25) is 0 Å². The van der Waals surface area contributed by atoms with Crippen molar-refractivity contribution in [1.82, 2.24) is 15.3 Å². The summed E-state index contributed by atoms with van der Waals surface area (Å²) in [6.45, 7) is 2.37. The average Bonchev–Trinajstić information content (AvgIpc) is 2.90. The van der Waals surface area contributed by atoms with Crippen LogP contribution in [0, 0.1) is 6.92 Å². The second-order valence-electron chi connectivity index (χ2n) is 4.66. The fourth-order valence-electron chi connectivity index (χ4n) is 2.09. The molecule has 0 spiro atoms. The zero-order valence-corrected chi connectivity index (χ0v) is 12.3. The maximum atomic E-state index is 12.2. The summed E-state index contributed by atoms with van der Waals surface area (Å²) in [6.07, 6.45) is 0. The van der Waals surface area contributed by atoms with E-state index in [0.717, 1.165) is 21.3 Å². The molecule has 3 aromatic rings. The van der Waals surface area contributed by atoms with Gasteiger partial charge in [0.25, 0.3) is 5.91 Å². The van der Waals surface area contributed by atoms with Crippen LogP contribution >= 0.6 is 11.3 Å². The SMILES string of the molecule is Cc1ncsc1CNC(=O)c1cc2ccccc2c(N)n1. The molecule has 1 aromatic carbocycles. The number of anilines is 1. The number of carbonyl (C=O) groups excluding carboxylic acids is 1. The maximum absolute atomic E-state index is 12.2. The van der Waals surface area contributed by atoms with E-state index < -0.39 is 0 Å². The third-order valence-corrected chi connectivity index (χ3v) is 4.19. The van der Waals surface area contributed by atoms with Crippen molar-refractivity contribution in [2.75, 3.05) is 5.73 Å². The molecule has 0 bridgehead atoms. The molecule has 106 valence electrons. The van der Waals surface area contributed by atoms with Crippen molar-refractivity contribution in [2.24, 2.45) is 0 Å². The van der Waals surface area contributed by atoms with Crippen LogP contribution in [0.3, 0.4) is 0 Å². The monoisotopic (exact) mass is 298 g/mol. The lowest BCUT2D eigenvalue weighted by molar-refractivity contribution is 0.0946. The Morgan fingerprint density at radius 1 is 1.38 bits per heavy atom. The number of nitrogens with zero attached hydrogens (tertiary/aromatic N) is 2. The number of hydrogen-bond acceptors (Lipinski definition) is 5. The Hall–Kier alpha value is -2.47. The first-order valence-corrected chi connectivity index (χ1v) is 7.35. The molecule has 1 amide bonds. The zero-order chi connectivity index (χ0) is 14.8. The number of aryl methyl sites for hydroxylation is 1. The molecule has 0 saturated carbocycles. The van der Waals surface area contributed by atoms with E-state index in [2.05, 4.69) is 15.3 Å². The molecule has 0 aliphatic rings. The summed E-state index contributed by atoms with van der Waals surface area (Å²) in [7, 11) is 0. The van der Waals surface area contributed by atoms with Crippen molar-refractivity contribution >= 4 is 33.8 Å². The molecular formula is C15H14N4OS. The van der Waals surface area contributed by atoms with Crippen LogP contribution in [0.2, 0.25) is 0 Å². The standard InChI is InChI=1S/C15H14N4OS/c1-9-13(21-8-18-9)7-17-15(20)12-6-10-4-2-3-5-11(10)14(16)19-12/h2-6,8H,7H2,1H3,(H2,16,19)(H,17,20). The van der Waals surface area contributed by atoms with Crippen LogP contribution in [-0.4, -0.2) is 15.9 Å². The van der Waals surface area contributed by atoms with Crippen LogP contribution in [-0.2, 0) is 6.54 Å². The van der Waals surface area contributed by atoms with Gasteiger partial charge in [0.15, 0.2) is 0 Å². The van der Waals surface area contributed by atoms with E-state index in [9.17, 15) is 4.79 Å². The van der Waals surface area contributed by atoms with E-state index in [4.69, 9.17) is 5.73 Å². The Labute approximate surface area is 125 Å². The summed E-state index contributed by atoms with van der Waals surface area (Å²) in [5.74, 6) is 0.132. The fourth-order valence-corrected chi connectivity index (χ4v) is 2.81. The lowest BCUT2D eigenvalue weighted by atomic mass is 10.1. The van der Waals surface area contributed by atoms with Crippen molar-refractivity contribution < 1.29 is 4.79 Å². The van der Waals surface area contributed by atoms with Crippen LogP contribution in [0.5, 0.6) is 0 Å². The van der Waals surface area contributed by atoms with Crippen molar-refractivity contribution in [3.8, 4) is 0 Å². The van der Waals surface area contributed by atoms with Gasteiger partial charge in [-0.2, -0.15) is 0 Å². The Morgan fingerprint density at radius 3 is 2.95 bits per heavy atom. The van der Waals surface area contributed by atoms with Crippen LogP contribution in [0.1, 0.15) is 21.1 Å². The van der Waals surface area contributed by atoms with Crippen LogP contribution < -0.4 is 11.1 Å². The van der Waals surface area contributed by atoms with Crippen molar-refractivity contribution in [2.45, 2.75) is 13.5 Å². The van der Waals surface area contributed by atoms with Gasteiger partial charge in [-0.3, -0.25) is 4.79 Å². The van der Waals surface area contributed by atoms with Crippen molar-refractivity contribution in [1.29, 1.82) is 0 Å². The van der Waals surface area contributed by atoms with Gasteiger partial charge in [0, 0.05) is 10.3 Å². The van der Waals surface area contributed by atoms with Gasteiger partial charge in [0.1, 0.15) is 11.5 Å². The number of thiazole rings is 1. The average molecular weight is 298 g/mol. The van der Waals surface area contributed by atoms with E-state index in [1.807, 2.05) is 31.2 Å². The maximum Gasteiger partial charge on any atom is 0.270 e. The first-order valence-electron chi connectivity index (χ1n) is 6.47. The molecule has 6 heteroatoms. The molecule has 0 fully saturated rings. The topological polar surface area (TPSA) is 80.9 Å². The number of nitrogens with one attached hydrogen (secondary N) is 1. The van der Waals surface area contributed by atoms with Crippen molar-refractivity contribution in [3.05, 3.63) is 52.1 Å². The summed E-state index contributed by atoms with van der Waals surface area (Å²) < 4.78 is 0. The molecule has 21 heavy (non-hydrogen) atoms. The molecule has 2 aromatic heterocycles. The largest absolute Gasteiger partial charge is 0.383 e. The molecule has 3 rings (SSSR count). The number of nitrogens with two attached hydrogens (primary N) is 1. The summed E-state index contributed by atoms with van der Waals surface area (Å²) in [4.78, 5) is 21.6. The second-order valence-corrected chi connectivity index (χ2v) is 5.60. The minimum Gasteiger partial charge on any atom is -0.383 e. The zero-order valence-electron chi connectivity index (χ0n) is 11.5. The van der Waals surface area contributed by atoms with E-state index in [1.54, 1.807) is 11.6 Å². The molecule has 5 nitrogen and oxygen atoms in total. The number of rotatable bonds is 3. The van der Waals surface area contributed by atoms with Gasteiger partial charge in [-0.05, 0) is 18.4 Å². The predicted molar refractivity (Wildman–Crippen MR) is 84.2 cm³/mol. The lowest BCUT2D eigenvalue weighted by Gasteiger charge is -2.07. The minimum atomic E-state index is -0.236. The summed E-state index contributed by atoms with van der Waals surface area (Å²) in [5, 5.41) is 4.61. The lowest BCUT2D eigenvalue weighted by Crippen LogP contribution is -2.24. The number of hydrogen-bond donors (Lipinski definition) is 2. The van der Waals surface area contributed by atoms with Crippen LogP contribution in [0.25, 0.3) is 10.8 Å². The summed E-state index contributed by atoms with van der Waals surface area (Å²) in [6, 6.07) is 9.36. The summed E-state index contributed by atoms with van der Waals surface area (Å²) >= 11 is 1.52. The molecule has 0 aliphatic carbocycles. The highest BCUT2D eigenvalue weighted by atomic mass is 32.1. The Kier molecular flexibility index (Phi) is 3.53. The highest BCUT2D eigenvalue weighted by Crippen LogP contribution is 2.20. The van der Waals surface area contributed by atoms with E-state index in [-0.39, 0.29) is 5.91 Å². The van der Waals surface area contributed by atoms with Gasteiger partial charge in [0.05, 0.1) is 17.7 Å². The van der Waals surface area contributed by atoms with Gasteiger partial charge in [-0.25, -0.2) is 9.97 Å². The van der Waals surface area contributed by atoms with E-state index in [1.165, 1.54) is 11.3 Å². The number of fused-ring (bicyclic) bond motifs is 1. The third-order valence-electron chi connectivity index (χ3n) is 3.26. The molecular weight excluding hydrogens is 284 g/mol. The number of carbonyl (C=O) groups is 1. The molecule has 0 radical (unpaired) electrons. The van der Waals surface area contributed by atoms with Gasteiger partial charge >= 0.3 is 0 Å². The van der Waals surface area contributed by atoms with Crippen LogP contribution in [0.15, 0.2) is 35.8 Å². The summed E-state index contributed by atoms with van der Waals surface area (Å²) in [5.41, 5.74) is 8.94. The van der Waals surface area contributed by atoms with Crippen molar-refractivity contribution in [3.63, 3.8) is 0 Å². The first kappa shape index (κ1) is 13.5. The van der Waals surface area contributed by atoms with Gasteiger partial charge < -0.3 is 11.1 Å². The molecule has 0 unspecified atom stereocenters. The highest BCUT2D eigenvalue weighted by molar-refractivity contribution is 7.09. The van der Waals surface area contributed by atoms with Gasteiger partial charge in [-0.1, -0.05) is 24.3 Å². The predicted octanol–water partition coefficient (Wildman–Crippen LogP) is 2.51. The molecule has 2 heterocycles. The van der Waals surface area contributed by atoms with E-state index >= 15 is 0 Å². The van der Waals surface area contributed by atoms with E-state index in [0.29, 0.717) is 18.1 Å². The first-order chi connectivity index (χ1) is 10.1. The van der Waals surface area contributed by atoms with Crippen LogP contribution in [0.4, 0.5) is 5.82 Å². The molecule has 0 aliphatic heterocycles. The number of nitrogen functional groups attached to an aromatic ring is 1. The smallest absolute Gasteiger partial charge is 0.270 e. The Morgan fingerprint density at radius 2 is 2.19 bits per heavy atom.